The fourth-order valence-corrected chi connectivity index (χ4v) is 15.7. The number of aromatic amines is 2. The maximum atomic E-state index is 6.79. The summed E-state index contributed by atoms with van der Waals surface area (Å²) in [6.07, 6.45) is 45.8. The smallest absolute Gasteiger partial charge is 0.165 e. The Hall–Kier alpha value is -6.08. The molecule has 0 atom stereocenters. The molecule has 0 radical (unpaired) electrons. The van der Waals surface area contributed by atoms with Gasteiger partial charge in [0.1, 0.15) is 22.6 Å². The lowest BCUT2D eigenvalue weighted by Gasteiger charge is -2.14. The van der Waals surface area contributed by atoms with E-state index in [9.17, 15) is 0 Å². The standard InChI is InChI=1S/C96H146N8O8/c1-9-17-25-33-41-57-105-65-73-49-50-74(66-106-58-42-34-26-18-10-2)82-81(73)89-97-90(82)102-92-85-77(69-109-61-45-37-29-21-13-5)53-54-78(70-110-62-46-38-30-22-14-6)86(85)94(99-92)104-96-88-80(72-112-64-48-40-32-24-16-8)56-55-79(71-111-63-47-39-31-23-15-7)87(88)95(100-96)103-93-84-76(68-108-60-44-36-28-20-12-4)52-51-75(83(84)91(98-93)101-89)67-107-59-43-35-27-19-11-3/h49-56H,9-48,57-72H2,1-8H3,(H2,97,98,99,100,101,102,103,104). The van der Waals surface area contributed by atoms with E-state index >= 15 is 0 Å². The number of fused-ring (bicyclic) bond motifs is 20. The first-order valence-corrected chi connectivity index (χ1v) is 45.4. The van der Waals surface area contributed by atoms with Gasteiger partial charge in [0.25, 0.3) is 0 Å². The first-order valence-electron chi connectivity index (χ1n) is 45.4. The quantitative estimate of drug-likeness (QED) is 0.0343. The lowest BCUT2D eigenvalue weighted by atomic mass is 9.96. The Bertz CT molecular complexity index is 3500. The third kappa shape index (κ3) is 28.1. The second-order valence-electron chi connectivity index (χ2n) is 31.9. The fourth-order valence-electron chi connectivity index (χ4n) is 15.7. The van der Waals surface area contributed by atoms with Crippen LogP contribution in [0.15, 0.2) is 48.5 Å². The molecule has 2 aliphatic rings. The van der Waals surface area contributed by atoms with Gasteiger partial charge in [-0.25, -0.2) is 29.9 Å². The number of benzene rings is 4. The van der Waals surface area contributed by atoms with Crippen molar-refractivity contribution in [3.8, 4) is 45.6 Å². The average molecular weight is 1540 g/mol. The molecule has 0 spiro atoms. The Labute approximate surface area is 674 Å². The predicted molar refractivity (Wildman–Crippen MR) is 463 cm³/mol. The zero-order valence-electron chi connectivity index (χ0n) is 71.2. The molecular formula is C96H146N8O8. The fraction of sp³-hybridized carbons (Fsp3) is 0.667. The van der Waals surface area contributed by atoms with Gasteiger partial charge in [0, 0.05) is 96.7 Å². The second kappa shape index (κ2) is 53.2. The van der Waals surface area contributed by atoms with Crippen LogP contribution in [-0.2, 0) is 90.7 Å². The van der Waals surface area contributed by atoms with Gasteiger partial charge in [0.05, 0.1) is 52.9 Å². The summed E-state index contributed by atoms with van der Waals surface area (Å²) in [5, 5.41) is 3.63. The van der Waals surface area contributed by atoms with E-state index in [1.807, 2.05) is 0 Å². The normalized spacial score (nSPS) is 12.1. The van der Waals surface area contributed by atoms with Crippen LogP contribution >= 0.6 is 0 Å². The highest BCUT2D eigenvalue weighted by Crippen LogP contribution is 2.45. The van der Waals surface area contributed by atoms with Gasteiger partial charge in [-0.15, -0.1) is 0 Å². The molecule has 618 valence electrons. The number of aromatic nitrogens is 8. The summed E-state index contributed by atoms with van der Waals surface area (Å²) in [5.74, 6) is 2.11. The summed E-state index contributed by atoms with van der Waals surface area (Å²) >= 11 is 0. The molecule has 5 heterocycles. The van der Waals surface area contributed by atoms with Gasteiger partial charge in [-0.3, -0.25) is 0 Å². The molecule has 0 amide bonds. The van der Waals surface area contributed by atoms with Crippen molar-refractivity contribution in [3.63, 3.8) is 0 Å². The van der Waals surface area contributed by atoms with Crippen LogP contribution in [0.5, 0.6) is 0 Å². The summed E-state index contributed by atoms with van der Waals surface area (Å²) in [5.41, 5.74) is 13.9. The van der Waals surface area contributed by atoms with Crippen molar-refractivity contribution in [3.05, 3.63) is 93.0 Å². The number of H-pyrrole nitrogens is 2. The number of hydrogen-bond donors (Lipinski definition) is 2. The molecule has 0 saturated heterocycles. The van der Waals surface area contributed by atoms with Gasteiger partial charge >= 0.3 is 0 Å². The van der Waals surface area contributed by atoms with E-state index in [1.54, 1.807) is 0 Å². The van der Waals surface area contributed by atoms with E-state index in [0.717, 1.165) is 191 Å². The highest BCUT2D eigenvalue weighted by Gasteiger charge is 2.31. The Morgan fingerprint density at radius 2 is 0.339 bits per heavy atom. The van der Waals surface area contributed by atoms with Crippen LogP contribution in [0, 0.1) is 0 Å². The average Bonchev–Trinajstić information content (AvgIpc) is 1.58. The summed E-state index contributed by atoms with van der Waals surface area (Å²) in [7, 11) is 0. The highest BCUT2D eigenvalue weighted by molar-refractivity contribution is 6.10. The number of ether oxygens (including phenoxy) is 8. The minimum atomic E-state index is 0.366. The van der Waals surface area contributed by atoms with Crippen LogP contribution in [-0.4, -0.2) is 92.7 Å². The van der Waals surface area contributed by atoms with E-state index in [4.69, 9.17) is 67.8 Å². The van der Waals surface area contributed by atoms with Crippen molar-refractivity contribution in [2.24, 2.45) is 0 Å². The van der Waals surface area contributed by atoms with Crippen molar-refractivity contribution in [2.75, 3.05) is 52.9 Å². The van der Waals surface area contributed by atoms with E-state index in [2.05, 4.69) is 114 Å². The van der Waals surface area contributed by atoms with Crippen LogP contribution in [0.25, 0.3) is 89.7 Å². The molecule has 16 nitrogen and oxygen atoms in total. The van der Waals surface area contributed by atoms with Crippen LogP contribution in [0.3, 0.4) is 0 Å². The van der Waals surface area contributed by atoms with Gasteiger partial charge in [-0.05, 0) is 95.9 Å². The molecule has 112 heavy (non-hydrogen) atoms. The van der Waals surface area contributed by atoms with Gasteiger partial charge in [-0.2, -0.15) is 0 Å². The van der Waals surface area contributed by atoms with Gasteiger partial charge in [-0.1, -0.05) is 309 Å². The Balaban J connectivity index is 1.39. The van der Waals surface area contributed by atoms with Gasteiger partial charge in [0.2, 0.25) is 0 Å². The Morgan fingerprint density at radius 1 is 0.188 bits per heavy atom. The molecule has 0 saturated carbocycles. The minimum absolute atomic E-state index is 0.366. The second-order valence-corrected chi connectivity index (χ2v) is 31.9. The molecule has 2 N–H and O–H groups in total. The lowest BCUT2D eigenvalue weighted by Crippen LogP contribution is -2.03. The first-order chi connectivity index (χ1) is 55.4. The zero-order valence-corrected chi connectivity index (χ0v) is 71.2. The summed E-state index contributed by atoms with van der Waals surface area (Å²) in [6.45, 7) is 26.3. The van der Waals surface area contributed by atoms with Crippen LogP contribution in [0.2, 0.25) is 0 Å². The molecule has 16 heteroatoms. The molecule has 0 aliphatic carbocycles. The molecule has 0 unspecified atom stereocenters. The summed E-state index contributed by atoms with van der Waals surface area (Å²) < 4.78 is 54.3. The topological polar surface area (TPSA) is 183 Å². The third-order valence-electron chi connectivity index (χ3n) is 22.3. The molecule has 9 rings (SSSR count). The van der Waals surface area contributed by atoms with Crippen molar-refractivity contribution in [1.82, 2.24) is 39.9 Å². The molecular weight excluding hydrogens is 1390 g/mol. The molecule has 3 aromatic heterocycles. The largest absolute Gasteiger partial charge is 0.377 e. The molecule has 4 aromatic carbocycles. The molecule has 0 fully saturated rings. The minimum Gasteiger partial charge on any atom is -0.377 e. The van der Waals surface area contributed by atoms with Crippen molar-refractivity contribution in [2.45, 2.75) is 365 Å². The molecule has 8 bridgehead atoms. The number of hydrogen-bond acceptors (Lipinski definition) is 14. The number of nitrogens with one attached hydrogen (secondary N) is 2. The Kier molecular flexibility index (Phi) is 42.7. The van der Waals surface area contributed by atoms with E-state index < -0.39 is 0 Å². The first kappa shape index (κ1) is 89.8. The van der Waals surface area contributed by atoms with E-state index in [1.165, 1.54) is 154 Å². The predicted octanol–water partition coefficient (Wildman–Crippen LogP) is 26.8. The third-order valence-corrected chi connectivity index (χ3v) is 22.3. The maximum Gasteiger partial charge on any atom is 0.165 e. The highest BCUT2D eigenvalue weighted by atomic mass is 16.5. The SMILES string of the molecule is CCCCCCCOCc1ccc(COCCCCCCC)c2c1-c1nc-2nc2[nH]c(nc3nc(nc4[nH]c(n1)c1c(COCCCCCCC)ccc(COCCCCCCC)c41)-c1c(COCCCCCCC)ccc(COCCCCCCC)c1-3)c1c(COCCCCCCC)ccc(COCCCCCCC)c21. The van der Waals surface area contributed by atoms with Crippen LogP contribution in [0.4, 0.5) is 0 Å². The maximum absolute atomic E-state index is 6.79. The van der Waals surface area contributed by atoms with Gasteiger partial charge in [0.15, 0.2) is 23.3 Å². The Morgan fingerprint density at radius 3 is 0.509 bits per heavy atom. The summed E-state index contributed by atoms with van der Waals surface area (Å²) in [4.78, 5) is 43.2. The van der Waals surface area contributed by atoms with E-state index in [-0.39, 0.29) is 0 Å². The monoisotopic (exact) mass is 1540 g/mol. The van der Waals surface area contributed by atoms with Crippen LogP contribution in [0.1, 0.15) is 357 Å². The van der Waals surface area contributed by atoms with Crippen molar-refractivity contribution in [1.29, 1.82) is 0 Å². The summed E-state index contributed by atoms with van der Waals surface area (Å²) in [6, 6.07) is 17.8. The number of nitrogens with zero attached hydrogens (tertiary/aromatic N) is 6. The number of rotatable bonds is 64. The number of unbranched alkanes of at least 4 members (excludes halogenated alkanes) is 32. The zero-order chi connectivity index (χ0) is 78.4. The van der Waals surface area contributed by atoms with Crippen molar-refractivity contribution >= 4 is 44.1 Å². The van der Waals surface area contributed by atoms with Crippen LogP contribution < -0.4 is 0 Å². The lowest BCUT2D eigenvalue weighted by molar-refractivity contribution is 0.115. The van der Waals surface area contributed by atoms with Crippen molar-refractivity contribution < 1.29 is 37.9 Å². The van der Waals surface area contributed by atoms with E-state index in [0.29, 0.717) is 152 Å². The molecule has 7 aromatic rings. The van der Waals surface area contributed by atoms with Gasteiger partial charge < -0.3 is 47.9 Å². The molecule has 2 aliphatic heterocycles.